The van der Waals surface area contributed by atoms with Gasteiger partial charge >= 0.3 is 5.97 Å². The lowest BCUT2D eigenvalue weighted by molar-refractivity contribution is -0.136. The zero-order valence-electron chi connectivity index (χ0n) is 11.7. The molecule has 0 radical (unpaired) electrons. The molecule has 0 aromatic heterocycles. The Balaban J connectivity index is 1.99. The lowest BCUT2D eigenvalue weighted by atomic mass is 10.3. The van der Waals surface area contributed by atoms with Gasteiger partial charge < -0.3 is 14.0 Å². The lowest BCUT2D eigenvalue weighted by Crippen LogP contribution is -2.18. The van der Waals surface area contributed by atoms with Gasteiger partial charge in [0, 0.05) is 3.57 Å². The van der Waals surface area contributed by atoms with Crippen molar-refractivity contribution in [2.75, 3.05) is 6.61 Å². The third-order valence-corrected chi connectivity index (χ3v) is 5.72. The van der Waals surface area contributed by atoms with Crippen molar-refractivity contribution >= 4 is 83.9 Å². The van der Waals surface area contributed by atoms with Crippen LogP contribution in [0.1, 0.15) is 0 Å². The summed E-state index contributed by atoms with van der Waals surface area (Å²) >= 11 is 6.43. The Hall–Kier alpha value is -0.190. The minimum Gasteiger partial charge on any atom is -0.744 e. The maximum Gasteiger partial charge on any atom is 0.349 e. The molecule has 24 heavy (non-hydrogen) atoms. The Labute approximate surface area is 179 Å². The average molecular weight is 685 g/mol. The molecule has 0 saturated heterocycles. The van der Waals surface area contributed by atoms with E-state index >= 15 is 0 Å². The highest BCUT2D eigenvalue weighted by Gasteiger charge is 2.12. The first-order valence-corrected chi connectivity index (χ1v) is 10.9. The minimum absolute atomic E-state index is 0.128. The van der Waals surface area contributed by atoms with E-state index in [1.807, 2.05) is 12.1 Å². The molecule has 0 unspecified atom stereocenters. The van der Waals surface area contributed by atoms with Gasteiger partial charge in [0.15, 0.2) is 6.61 Å². The minimum atomic E-state index is -4.52. The van der Waals surface area contributed by atoms with Crippen molar-refractivity contribution in [1.29, 1.82) is 0 Å². The van der Waals surface area contributed by atoms with Crippen molar-refractivity contribution in [3.05, 3.63) is 47.1 Å². The molecule has 0 atom stereocenters. The normalized spacial score (nSPS) is 11.2. The van der Waals surface area contributed by atoms with Crippen LogP contribution in [0.25, 0.3) is 0 Å². The Morgan fingerprint density at radius 1 is 1.04 bits per heavy atom. The van der Waals surface area contributed by atoms with Gasteiger partial charge in [-0.25, -0.2) is 13.2 Å². The lowest BCUT2D eigenvalue weighted by Gasteiger charge is -2.11. The number of hydrogen-bond acceptors (Lipinski definition) is 6. The van der Waals surface area contributed by atoms with E-state index in [2.05, 4.69) is 67.8 Å². The van der Waals surface area contributed by atoms with Gasteiger partial charge in [-0.15, -0.1) is 0 Å². The molecule has 0 fully saturated rings. The molecule has 2 rings (SSSR count). The maximum absolute atomic E-state index is 11.8. The summed E-state index contributed by atoms with van der Waals surface area (Å²) < 4.78 is 45.8. The van der Waals surface area contributed by atoms with Gasteiger partial charge in [0.05, 0.1) is 12.0 Å². The predicted octanol–water partition coefficient (Wildman–Crippen LogP) is 3.39. The predicted molar refractivity (Wildman–Crippen MR) is 110 cm³/mol. The molecule has 0 aliphatic heterocycles. The number of halogens is 3. The van der Waals surface area contributed by atoms with Gasteiger partial charge in [0.2, 0.25) is 0 Å². The van der Waals surface area contributed by atoms with Gasteiger partial charge in [-0.1, -0.05) is 0 Å². The second-order valence-electron chi connectivity index (χ2n) is 4.39. The summed E-state index contributed by atoms with van der Waals surface area (Å²) in [5, 5.41) is 0. The summed E-state index contributed by atoms with van der Waals surface area (Å²) in [6.07, 6.45) is 0. The van der Waals surface area contributed by atoms with Crippen molar-refractivity contribution in [2.24, 2.45) is 0 Å². The van der Waals surface area contributed by atoms with Crippen LogP contribution >= 0.6 is 67.8 Å². The Morgan fingerprint density at radius 3 is 2.08 bits per heavy atom. The molecule has 0 amide bonds. The average Bonchev–Trinajstić information content (AvgIpc) is 2.45. The van der Waals surface area contributed by atoms with Gasteiger partial charge in [0.1, 0.15) is 21.6 Å². The van der Waals surface area contributed by atoms with E-state index in [1.165, 1.54) is 12.1 Å². The molecule has 2 aromatic carbocycles. The Bertz CT molecular complexity index is 842. The molecule has 0 N–H and O–H groups in total. The highest BCUT2D eigenvalue weighted by Crippen LogP contribution is 2.29. The van der Waals surface area contributed by atoms with Crippen LogP contribution in [0.4, 0.5) is 0 Å². The van der Waals surface area contributed by atoms with Gasteiger partial charge in [0.25, 0.3) is 0 Å². The molecule has 0 aliphatic rings. The van der Waals surface area contributed by atoms with Gasteiger partial charge in [-0.2, -0.15) is 0 Å². The van der Waals surface area contributed by atoms with E-state index in [9.17, 15) is 17.8 Å². The van der Waals surface area contributed by atoms with E-state index < -0.39 is 16.1 Å². The maximum atomic E-state index is 11.8. The fraction of sp³-hybridized carbons (Fsp3) is 0.0714. The van der Waals surface area contributed by atoms with Crippen LogP contribution in [0.15, 0.2) is 41.3 Å². The van der Waals surface area contributed by atoms with Crippen LogP contribution < -0.4 is 9.47 Å². The number of esters is 1. The quantitative estimate of drug-likeness (QED) is 0.208. The van der Waals surface area contributed by atoms with Gasteiger partial charge in [-0.05, 0) is 104 Å². The van der Waals surface area contributed by atoms with Crippen molar-refractivity contribution in [1.82, 2.24) is 0 Å². The summed E-state index contributed by atoms with van der Waals surface area (Å²) in [6, 6.07) is 8.48. The molecule has 0 heterocycles. The van der Waals surface area contributed by atoms with Crippen molar-refractivity contribution < 1.29 is 27.2 Å². The molecule has 0 aliphatic carbocycles. The molecular weight excluding hydrogens is 677 g/mol. The fourth-order valence-electron chi connectivity index (χ4n) is 1.63. The van der Waals surface area contributed by atoms with E-state index in [1.54, 1.807) is 0 Å². The van der Waals surface area contributed by atoms with E-state index in [0.717, 1.165) is 22.8 Å². The standard InChI is InChI=1S/C14H9I3O6S/c15-8-5-11(16)14(12(17)6-8)22-7-13(18)23-9-1-3-10(4-2-9)24(19,20)21/h1-6H,7H2,(H,19,20,21)/p-1. The highest BCUT2D eigenvalue weighted by molar-refractivity contribution is 14.1. The van der Waals surface area contributed by atoms with E-state index in [0.29, 0.717) is 5.75 Å². The van der Waals surface area contributed by atoms with E-state index in [-0.39, 0.29) is 17.3 Å². The number of carbonyl (C=O) groups is 1. The van der Waals surface area contributed by atoms with Crippen LogP contribution in [0, 0.1) is 10.7 Å². The van der Waals surface area contributed by atoms with Crippen molar-refractivity contribution in [2.45, 2.75) is 4.90 Å². The molecule has 2 aromatic rings. The summed E-state index contributed by atoms with van der Waals surface area (Å²) in [5.74, 6) is 0.0854. The van der Waals surface area contributed by atoms with Gasteiger partial charge in [-0.3, -0.25) is 0 Å². The Morgan fingerprint density at radius 2 is 1.58 bits per heavy atom. The highest BCUT2D eigenvalue weighted by atomic mass is 127. The van der Waals surface area contributed by atoms with Crippen LogP contribution in [0.5, 0.6) is 11.5 Å². The Kier molecular flexibility index (Phi) is 7.10. The SMILES string of the molecule is O=C(COc1c(I)cc(I)cc1I)Oc1ccc(S(=O)(=O)[O-])cc1. The number of ether oxygens (including phenoxy) is 2. The number of benzene rings is 2. The zero-order chi connectivity index (χ0) is 17.9. The molecular formula is C14H8I3O6S-. The summed E-state index contributed by atoms with van der Waals surface area (Å²) in [7, 11) is -4.52. The van der Waals surface area contributed by atoms with Crippen LogP contribution in [-0.4, -0.2) is 25.5 Å². The fourth-order valence-corrected chi connectivity index (χ4v) is 6.00. The second kappa shape index (κ2) is 8.46. The first-order valence-electron chi connectivity index (χ1n) is 6.21. The van der Waals surface area contributed by atoms with Crippen LogP contribution in [0.3, 0.4) is 0 Å². The van der Waals surface area contributed by atoms with Crippen LogP contribution in [-0.2, 0) is 14.9 Å². The largest absolute Gasteiger partial charge is 0.744 e. The zero-order valence-corrected chi connectivity index (χ0v) is 19.0. The molecule has 0 saturated carbocycles. The van der Waals surface area contributed by atoms with E-state index in [4.69, 9.17) is 9.47 Å². The third-order valence-electron chi connectivity index (χ3n) is 2.64. The van der Waals surface area contributed by atoms with Crippen molar-refractivity contribution in [3.63, 3.8) is 0 Å². The molecule has 128 valence electrons. The molecule has 6 nitrogen and oxygen atoms in total. The second-order valence-corrected chi connectivity index (χ2v) is 9.34. The summed E-state index contributed by atoms with van der Waals surface area (Å²) in [5.41, 5.74) is 0. The smallest absolute Gasteiger partial charge is 0.349 e. The van der Waals surface area contributed by atoms with Crippen LogP contribution in [0.2, 0.25) is 0 Å². The molecule has 0 spiro atoms. The number of hydrogen-bond donors (Lipinski definition) is 0. The summed E-state index contributed by atoms with van der Waals surface area (Å²) in [6.45, 7) is -0.297. The summed E-state index contributed by atoms with van der Waals surface area (Å²) in [4.78, 5) is 11.4. The molecule has 10 heteroatoms. The number of rotatable bonds is 5. The first-order chi connectivity index (χ1) is 11.2. The molecule has 0 bridgehead atoms. The monoisotopic (exact) mass is 685 g/mol. The number of carbonyl (C=O) groups excluding carboxylic acids is 1. The van der Waals surface area contributed by atoms with Crippen molar-refractivity contribution in [3.8, 4) is 11.5 Å². The third kappa shape index (κ3) is 5.67. The topological polar surface area (TPSA) is 92.7 Å². The first kappa shape index (κ1) is 20.1.